The summed E-state index contributed by atoms with van der Waals surface area (Å²) in [6.07, 6.45) is 3.75. The molecule has 7 heteroatoms. The summed E-state index contributed by atoms with van der Waals surface area (Å²) in [7, 11) is 0. The van der Waals surface area contributed by atoms with Crippen LogP contribution in [0.1, 0.15) is 31.7 Å². The molecule has 1 saturated heterocycles. The van der Waals surface area contributed by atoms with Gasteiger partial charge in [0, 0.05) is 12.2 Å². The van der Waals surface area contributed by atoms with E-state index in [-0.39, 0.29) is 18.2 Å². The van der Waals surface area contributed by atoms with Crippen molar-refractivity contribution < 1.29 is 14.3 Å². The van der Waals surface area contributed by atoms with Gasteiger partial charge in [-0.25, -0.2) is 4.90 Å². The highest BCUT2D eigenvalue weighted by molar-refractivity contribution is 7.80. The largest absolute Gasteiger partial charge is 0.494 e. The predicted octanol–water partition coefficient (Wildman–Crippen LogP) is 4.69. The van der Waals surface area contributed by atoms with E-state index in [9.17, 15) is 9.59 Å². The van der Waals surface area contributed by atoms with Crippen molar-refractivity contribution in [3.8, 4) is 5.75 Å². The molecule has 1 heterocycles. The number of ether oxygens (including phenoxy) is 1. The zero-order chi connectivity index (χ0) is 23.1. The zero-order valence-electron chi connectivity index (χ0n) is 18.5. The number of amides is 2. The van der Waals surface area contributed by atoms with Gasteiger partial charge >= 0.3 is 0 Å². The van der Waals surface area contributed by atoms with Crippen molar-refractivity contribution in [2.45, 2.75) is 39.2 Å². The zero-order valence-corrected chi connectivity index (χ0v) is 19.4. The lowest BCUT2D eigenvalue weighted by Gasteiger charge is -2.29. The molecule has 1 atom stereocenters. The number of carbonyl (C=O) groups excluding carboxylic acids is 2. The Labute approximate surface area is 194 Å². The number of hydrogen-bond donors (Lipinski definition) is 1. The number of benzene rings is 2. The van der Waals surface area contributed by atoms with Crippen LogP contribution in [0.5, 0.6) is 5.75 Å². The van der Waals surface area contributed by atoms with E-state index in [1.54, 1.807) is 35.2 Å². The molecule has 1 fully saturated rings. The summed E-state index contributed by atoms with van der Waals surface area (Å²) < 4.78 is 5.67. The molecular formula is C25H29N3O3S. The second-order valence-electron chi connectivity index (χ2n) is 7.72. The molecule has 3 rings (SSSR count). The Balaban J connectivity index is 1.73. The molecule has 0 unspecified atom stereocenters. The first-order chi connectivity index (χ1) is 15.4. The molecule has 2 aromatic carbocycles. The van der Waals surface area contributed by atoms with Crippen LogP contribution in [-0.4, -0.2) is 41.0 Å². The van der Waals surface area contributed by atoms with Crippen molar-refractivity contribution in [1.29, 1.82) is 0 Å². The fraction of sp³-hybridized carbons (Fsp3) is 0.320. The fourth-order valence-corrected chi connectivity index (χ4v) is 3.80. The minimum absolute atomic E-state index is 0.0527. The average Bonchev–Trinajstić information content (AvgIpc) is 3.08. The summed E-state index contributed by atoms with van der Waals surface area (Å²) in [5.41, 5.74) is 2.49. The van der Waals surface area contributed by atoms with Crippen molar-refractivity contribution in [2.24, 2.45) is 0 Å². The fourth-order valence-electron chi connectivity index (χ4n) is 3.48. The van der Waals surface area contributed by atoms with Crippen molar-refractivity contribution in [1.82, 2.24) is 4.90 Å². The molecule has 0 spiro atoms. The molecular weight excluding hydrogens is 422 g/mol. The van der Waals surface area contributed by atoms with Gasteiger partial charge in [0.25, 0.3) is 5.91 Å². The van der Waals surface area contributed by atoms with Crippen LogP contribution in [0.3, 0.4) is 0 Å². The monoisotopic (exact) mass is 451 g/mol. The van der Waals surface area contributed by atoms with Gasteiger partial charge in [-0.1, -0.05) is 37.1 Å². The highest BCUT2D eigenvalue weighted by atomic mass is 32.1. The minimum Gasteiger partial charge on any atom is -0.494 e. The number of thiocarbonyl (C=S) groups is 1. The quantitative estimate of drug-likeness (QED) is 0.258. The van der Waals surface area contributed by atoms with Gasteiger partial charge in [0.15, 0.2) is 5.11 Å². The molecule has 0 aromatic heterocycles. The topological polar surface area (TPSA) is 61.9 Å². The number of imide groups is 1. The average molecular weight is 452 g/mol. The Kier molecular flexibility index (Phi) is 8.00. The van der Waals surface area contributed by atoms with Crippen molar-refractivity contribution in [3.63, 3.8) is 0 Å². The van der Waals surface area contributed by atoms with Gasteiger partial charge in [0.05, 0.1) is 18.7 Å². The molecule has 32 heavy (non-hydrogen) atoms. The van der Waals surface area contributed by atoms with E-state index in [4.69, 9.17) is 17.0 Å². The Morgan fingerprint density at radius 2 is 1.91 bits per heavy atom. The number of anilines is 2. The first-order valence-corrected chi connectivity index (χ1v) is 11.2. The van der Waals surface area contributed by atoms with Crippen LogP contribution in [0.2, 0.25) is 0 Å². The highest BCUT2D eigenvalue weighted by Crippen LogP contribution is 2.28. The Hall–Kier alpha value is -3.19. The number of nitrogens with zero attached hydrogens (tertiary/aromatic N) is 2. The molecule has 1 aliphatic heterocycles. The maximum atomic E-state index is 13.2. The van der Waals surface area contributed by atoms with Crippen LogP contribution in [0, 0.1) is 6.92 Å². The van der Waals surface area contributed by atoms with Crippen LogP contribution in [-0.2, 0) is 9.59 Å². The number of hydrogen-bond acceptors (Lipinski definition) is 4. The second kappa shape index (κ2) is 10.9. The van der Waals surface area contributed by atoms with Crippen LogP contribution >= 0.6 is 12.2 Å². The van der Waals surface area contributed by atoms with Crippen LogP contribution in [0.15, 0.2) is 61.2 Å². The van der Waals surface area contributed by atoms with Crippen molar-refractivity contribution in [3.05, 3.63) is 66.7 Å². The van der Waals surface area contributed by atoms with Gasteiger partial charge in [-0.2, -0.15) is 0 Å². The molecule has 6 nitrogen and oxygen atoms in total. The van der Waals surface area contributed by atoms with E-state index in [2.05, 4.69) is 18.8 Å². The number of nitrogens with one attached hydrogen (secondary N) is 1. The maximum absolute atomic E-state index is 13.2. The molecule has 1 aliphatic rings. The highest BCUT2D eigenvalue weighted by Gasteiger charge is 2.43. The third-order valence-corrected chi connectivity index (χ3v) is 5.59. The lowest BCUT2D eigenvalue weighted by molar-refractivity contribution is -0.122. The first kappa shape index (κ1) is 23.5. The molecule has 168 valence electrons. The molecule has 0 saturated carbocycles. The molecule has 0 radical (unpaired) electrons. The lowest BCUT2D eigenvalue weighted by atomic mass is 10.2. The number of carbonyl (C=O) groups is 2. The summed E-state index contributed by atoms with van der Waals surface area (Å²) in [5.74, 6) is 0.158. The molecule has 1 N–H and O–H groups in total. The summed E-state index contributed by atoms with van der Waals surface area (Å²) in [4.78, 5) is 29.0. The Bertz CT molecular complexity index is 973. The number of rotatable bonds is 9. The smallest absolute Gasteiger partial charge is 0.257 e. The van der Waals surface area contributed by atoms with Crippen molar-refractivity contribution >= 4 is 40.5 Å². The standard InChI is InChI=1S/C25H29N3O3S/c1-4-6-16-31-21-13-11-20(12-14-21)28-23(29)17-22(24(28)30)27(15-5-2)25(32)26-19-9-7-18(3)8-10-19/h5,7-14,22H,2,4,6,15-17H2,1,3H3,(H,26,32)/t22-/m1/s1. The SMILES string of the molecule is C=CCN(C(=S)Nc1ccc(C)cc1)[C@@H]1CC(=O)N(c2ccc(OCCCC)cc2)C1=O. The van der Waals surface area contributed by atoms with E-state index >= 15 is 0 Å². The van der Waals surface area contributed by atoms with E-state index in [0.29, 0.717) is 24.0 Å². The maximum Gasteiger partial charge on any atom is 0.257 e. The van der Waals surface area contributed by atoms with Crippen LogP contribution in [0.25, 0.3) is 0 Å². The minimum atomic E-state index is -0.688. The van der Waals surface area contributed by atoms with Crippen molar-refractivity contribution in [2.75, 3.05) is 23.4 Å². The summed E-state index contributed by atoms with van der Waals surface area (Å²) in [5, 5.41) is 3.54. The summed E-state index contributed by atoms with van der Waals surface area (Å²) in [6, 6.07) is 14.1. The van der Waals surface area contributed by atoms with Gasteiger partial charge < -0.3 is 15.0 Å². The van der Waals surface area contributed by atoms with Gasteiger partial charge in [0.1, 0.15) is 11.8 Å². The lowest BCUT2D eigenvalue weighted by Crippen LogP contribution is -2.47. The van der Waals surface area contributed by atoms with E-state index < -0.39 is 6.04 Å². The van der Waals surface area contributed by atoms with Gasteiger partial charge in [-0.3, -0.25) is 9.59 Å². The molecule has 0 bridgehead atoms. The van der Waals surface area contributed by atoms with Gasteiger partial charge in [-0.05, 0) is 62.0 Å². The third kappa shape index (κ3) is 5.53. The Morgan fingerprint density at radius 3 is 2.53 bits per heavy atom. The van der Waals surface area contributed by atoms with Crippen LogP contribution < -0.4 is 15.0 Å². The first-order valence-electron chi connectivity index (χ1n) is 10.8. The predicted molar refractivity (Wildman–Crippen MR) is 132 cm³/mol. The summed E-state index contributed by atoms with van der Waals surface area (Å²) >= 11 is 5.58. The normalized spacial score (nSPS) is 15.6. The third-order valence-electron chi connectivity index (χ3n) is 5.25. The number of aryl methyl sites for hydroxylation is 1. The Morgan fingerprint density at radius 1 is 1.22 bits per heavy atom. The molecule has 2 amide bonds. The molecule has 0 aliphatic carbocycles. The van der Waals surface area contributed by atoms with Gasteiger partial charge in [-0.15, -0.1) is 6.58 Å². The molecule has 2 aromatic rings. The summed E-state index contributed by atoms with van der Waals surface area (Å²) in [6.45, 7) is 8.88. The van der Waals surface area contributed by atoms with Gasteiger partial charge in [0.2, 0.25) is 5.91 Å². The van der Waals surface area contributed by atoms with E-state index in [0.717, 1.165) is 29.8 Å². The van der Waals surface area contributed by atoms with E-state index in [1.807, 2.05) is 31.2 Å². The van der Waals surface area contributed by atoms with E-state index in [1.165, 1.54) is 4.90 Å². The van der Waals surface area contributed by atoms with Crippen LogP contribution in [0.4, 0.5) is 11.4 Å². The number of unbranched alkanes of at least 4 members (excludes halogenated alkanes) is 1. The second-order valence-corrected chi connectivity index (χ2v) is 8.11.